The lowest BCUT2D eigenvalue weighted by molar-refractivity contribution is 1.15. The third-order valence-corrected chi connectivity index (χ3v) is 7.42. The third kappa shape index (κ3) is 6.94. The summed E-state index contributed by atoms with van der Waals surface area (Å²) in [4.78, 5) is 4.58. The Morgan fingerprint density at radius 1 is 0.581 bits per heavy atom. The number of para-hydroxylation sites is 1. The number of nitrogens with zero attached hydrogens (tertiary/aromatic N) is 2. The Bertz CT molecular complexity index is 1740. The van der Waals surface area contributed by atoms with Gasteiger partial charge in [0, 0.05) is 34.1 Å². The molecule has 5 aromatic rings. The number of allylic oxidation sites excluding steroid dienone is 5. The van der Waals surface area contributed by atoms with Crippen molar-refractivity contribution in [2.75, 3.05) is 9.80 Å². The first kappa shape index (κ1) is 29.2. The van der Waals surface area contributed by atoms with Gasteiger partial charge in [-0.2, -0.15) is 0 Å². The van der Waals surface area contributed by atoms with E-state index in [4.69, 9.17) is 0 Å². The molecule has 0 bridgehead atoms. The Labute approximate surface area is 256 Å². The average Bonchev–Trinajstić information content (AvgIpc) is 3.03. The van der Waals surface area contributed by atoms with E-state index in [-0.39, 0.29) is 0 Å². The van der Waals surface area contributed by atoms with E-state index in [1.807, 2.05) is 24.3 Å². The van der Waals surface area contributed by atoms with Crippen LogP contribution in [0.2, 0.25) is 0 Å². The number of anilines is 5. The molecule has 0 saturated heterocycles. The van der Waals surface area contributed by atoms with Gasteiger partial charge in [0.2, 0.25) is 0 Å². The van der Waals surface area contributed by atoms with Crippen molar-refractivity contribution >= 4 is 34.5 Å². The maximum Gasteiger partial charge on any atom is 0.0464 e. The van der Waals surface area contributed by atoms with Crippen molar-refractivity contribution in [3.63, 3.8) is 0 Å². The molecule has 2 nitrogen and oxygen atoms in total. The van der Waals surface area contributed by atoms with Crippen molar-refractivity contribution < 1.29 is 0 Å². The van der Waals surface area contributed by atoms with Gasteiger partial charge in [0.1, 0.15) is 0 Å². The summed E-state index contributed by atoms with van der Waals surface area (Å²) >= 11 is 0. The Balaban J connectivity index is 1.46. The zero-order valence-corrected chi connectivity index (χ0v) is 25.2. The van der Waals surface area contributed by atoms with Gasteiger partial charge in [0.05, 0.1) is 0 Å². The molecule has 0 aromatic heterocycles. The molecule has 0 saturated carbocycles. The minimum Gasteiger partial charge on any atom is -0.315 e. The minimum absolute atomic E-state index is 1.10. The molecule has 0 aliphatic carbocycles. The van der Waals surface area contributed by atoms with Crippen molar-refractivity contribution in [3.05, 3.63) is 181 Å². The van der Waals surface area contributed by atoms with Crippen molar-refractivity contribution in [1.82, 2.24) is 0 Å². The lowest BCUT2D eigenvalue weighted by Gasteiger charge is -2.27. The molecular formula is C41H38N2. The van der Waals surface area contributed by atoms with Crippen LogP contribution in [0, 0.1) is 6.92 Å². The van der Waals surface area contributed by atoms with Crippen LogP contribution in [0.5, 0.6) is 0 Å². The number of rotatable bonds is 10. The predicted molar refractivity (Wildman–Crippen MR) is 188 cm³/mol. The number of aryl methyl sites for hydroxylation is 1. The summed E-state index contributed by atoms with van der Waals surface area (Å²) in [5.41, 5.74) is 12.5. The van der Waals surface area contributed by atoms with Crippen LogP contribution < -0.4 is 9.80 Å². The van der Waals surface area contributed by atoms with Gasteiger partial charge in [-0.15, -0.1) is 0 Å². The normalized spacial score (nSPS) is 11.6. The van der Waals surface area contributed by atoms with E-state index in [1.54, 1.807) is 0 Å². The van der Waals surface area contributed by atoms with Crippen molar-refractivity contribution in [1.29, 1.82) is 0 Å². The summed E-state index contributed by atoms with van der Waals surface area (Å²) in [6.07, 6.45) is 7.91. The lowest BCUT2D eigenvalue weighted by Crippen LogP contribution is -2.14. The Morgan fingerprint density at radius 3 is 1.67 bits per heavy atom. The second-order valence-electron chi connectivity index (χ2n) is 10.7. The second kappa shape index (κ2) is 13.5. The smallest absolute Gasteiger partial charge is 0.0464 e. The Morgan fingerprint density at radius 2 is 1.12 bits per heavy atom. The van der Waals surface area contributed by atoms with E-state index in [0.29, 0.717) is 0 Å². The average molecular weight is 559 g/mol. The molecule has 0 amide bonds. The summed E-state index contributed by atoms with van der Waals surface area (Å²) in [5.74, 6) is 0. The van der Waals surface area contributed by atoms with Gasteiger partial charge >= 0.3 is 0 Å². The monoisotopic (exact) mass is 558 g/mol. The molecule has 0 aliphatic heterocycles. The van der Waals surface area contributed by atoms with Gasteiger partial charge in [0.15, 0.2) is 0 Å². The van der Waals surface area contributed by atoms with Gasteiger partial charge in [-0.1, -0.05) is 98.1 Å². The summed E-state index contributed by atoms with van der Waals surface area (Å²) in [7, 11) is 0. The molecule has 0 unspecified atom stereocenters. The van der Waals surface area contributed by atoms with Crippen molar-refractivity contribution in [2.45, 2.75) is 20.8 Å². The highest BCUT2D eigenvalue weighted by Crippen LogP contribution is 2.37. The van der Waals surface area contributed by atoms with Crippen LogP contribution in [0.25, 0.3) is 17.2 Å². The van der Waals surface area contributed by atoms with Gasteiger partial charge < -0.3 is 9.80 Å². The van der Waals surface area contributed by atoms with Crippen LogP contribution in [0.15, 0.2) is 170 Å². The van der Waals surface area contributed by atoms with E-state index < -0.39 is 0 Å². The predicted octanol–water partition coefficient (Wildman–Crippen LogP) is 11.9. The zero-order valence-electron chi connectivity index (χ0n) is 25.2. The van der Waals surface area contributed by atoms with Crippen LogP contribution >= 0.6 is 0 Å². The van der Waals surface area contributed by atoms with Crippen molar-refractivity contribution in [2.24, 2.45) is 0 Å². The summed E-state index contributed by atoms with van der Waals surface area (Å²) in [6, 6.07) is 45.2. The summed E-state index contributed by atoms with van der Waals surface area (Å²) in [5, 5.41) is 0. The molecule has 43 heavy (non-hydrogen) atoms. The fourth-order valence-electron chi connectivity index (χ4n) is 5.34. The van der Waals surface area contributed by atoms with Gasteiger partial charge in [0.25, 0.3) is 0 Å². The standard InChI is InChI=1S/C41H38N2/c1-6-12-31(3)29-33(5)42(37-14-9-8-10-15-37)38-25-19-35(20-26-38)36-21-27-40(28-22-36)43(41-16-11-13-32(4)30-41)39-23-17-34(7-2)18-24-39/h6-30H,1-2H2,3-5H3/b31-12-,33-29+. The molecule has 212 valence electrons. The first-order valence-corrected chi connectivity index (χ1v) is 14.6. The van der Waals surface area contributed by atoms with Crippen molar-refractivity contribution in [3.8, 4) is 11.1 Å². The lowest BCUT2D eigenvalue weighted by atomic mass is 10.0. The molecule has 0 aliphatic rings. The topological polar surface area (TPSA) is 6.48 Å². The van der Waals surface area contributed by atoms with Crippen LogP contribution in [0.1, 0.15) is 25.0 Å². The highest BCUT2D eigenvalue weighted by atomic mass is 15.1. The quantitative estimate of drug-likeness (QED) is 0.157. The van der Waals surface area contributed by atoms with Crippen LogP contribution in [0.4, 0.5) is 28.4 Å². The molecule has 0 N–H and O–H groups in total. The molecule has 0 fully saturated rings. The zero-order chi connectivity index (χ0) is 30.2. The molecule has 0 heterocycles. The molecule has 5 aromatic carbocycles. The molecule has 0 spiro atoms. The SMILES string of the molecule is C=C/C=C(C)\C=C(/C)N(c1ccccc1)c1ccc(-c2ccc(N(c3ccc(C=C)cc3)c3cccc(C)c3)cc2)cc1. The fraction of sp³-hybridized carbons (Fsp3) is 0.0732. The van der Waals surface area contributed by atoms with E-state index >= 15 is 0 Å². The highest BCUT2D eigenvalue weighted by Gasteiger charge is 2.14. The molecule has 0 radical (unpaired) electrons. The number of hydrogen-bond acceptors (Lipinski definition) is 2. The summed E-state index contributed by atoms with van der Waals surface area (Å²) in [6.45, 7) is 14.1. The fourth-order valence-corrected chi connectivity index (χ4v) is 5.34. The second-order valence-corrected chi connectivity index (χ2v) is 10.7. The first-order chi connectivity index (χ1) is 21.0. The molecule has 0 atom stereocenters. The Kier molecular flexibility index (Phi) is 9.19. The number of hydrogen-bond donors (Lipinski definition) is 0. The molecule has 5 rings (SSSR count). The van der Waals surface area contributed by atoms with Gasteiger partial charge in [-0.3, -0.25) is 0 Å². The number of benzene rings is 5. The van der Waals surface area contributed by atoms with E-state index in [1.165, 1.54) is 16.7 Å². The van der Waals surface area contributed by atoms with Gasteiger partial charge in [-0.25, -0.2) is 0 Å². The van der Waals surface area contributed by atoms with Crippen LogP contribution in [0.3, 0.4) is 0 Å². The van der Waals surface area contributed by atoms with Crippen LogP contribution in [-0.2, 0) is 0 Å². The minimum atomic E-state index is 1.10. The first-order valence-electron chi connectivity index (χ1n) is 14.6. The van der Waals surface area contributed by atoms with Gasteiger partial charge in [-0.05, 0) is 115 Å². The maximum atomic E-state index is 3.90. The maximum absolute atomic E-state index is 3.90. The van der Waals surface area contributed by atoms with Crippen LogP contribution in [-0.4, -0.2) is 0 Å². The highest BCUT2D eigenvalue weighted by molar-refractivity contribution is 5.79. The molecule has 2 heteroatoms. The van der Waals surface area contributed by atoms with E-state index in [0.717, 1.165) is 45.3 Å². The third-order valence-electron chi connectivity index (χ3n) is 7.42. The largest absolute Gasteiger partial charge is 0.315 e. The molecular weight excluding hydrogens is 520 g/mol. The summed E-state index contributed by atoms with van der Waals surface area (Å²) < 4.78 is 0. The van der Waals surface area contributed by atoms with E-state index in [9.17, 15) is 0 Å². The Hall–Kier alpha value is -5.34. The van der Waals surface area contributed by atoms with E-state index in [2.05, 4.69) is 171 Å².